The SMILES string of the molecule is CCc1cc(CCl)cc(Oc2ccc3cccnc3c2)n1. The summed E-state index contributed by atoms with van der Waals surface area (Å²) in [4.78, 5) is 8.80. The number of aromatic nitrogens is 2. The molecule has 21 heavy (non-hydrogen) atoms. The number of benzene rings is 1. The van der Waals surface area contributed by atoms with Crippen molar-refractivity contribution in [2.24, 2.45) is 0 Å². The highest BCUT2D eigenvalue weighted by Crippen LogP contribution is 2.25. The fourth-order valence-corrected chi connectivity index (χ4v) is 2.32. The van der Waals surface area contributed by atoms with E-state index >= 15 is 0 Å². The van der Waals surface area contributed by atoms with Gasteiger partial charge in [-0.15, -0.1) is 11.6 Å². The van der Waals surface area contributed by atoms with Crippen LogP contribution < -0.4 is 4.74 Å². The van der Waals surface area contributed by atoms with Gasteiger partial charge in [-0.25, -0.2) is 4.98 Å². The third-order valence-electron chi connectivity index (χ3n) is 3.23. The second-order valence-corrected chi connectivity index (χ2v) is 5.02. The average molecular weight is 299 g/mol. The molecule has 0 aliphatic heterocycles. The molecule has 106 valence electrons. The standard InChI is InChI=1S/C17H15ClN2O/c1-2-14-8-12(11-18)9-17(20-14)21-15-6-5-13-4-3-7-19-16(13)10-15/h3-10H,2,11H2,1H3. The Hall–Kier alpha value is -2.13. The fourth-order valence-electron chi connectivity index (χ4n) is 2.16. The molecule has 0 aliphatic carbocycles. The predicted octanol–water partition coefficient (Wildman–Crippen LogP) is 4.72. The molecule has 0 bridgehead atoms. The van der Waals surface area contributed by atoms with Crippen LogP contribution in [-0.4, -0.2) is 9.97 Å². The lowest BCUT2D eigenvalue weighted by Gasteiger charge is -2.08. The van der Waals surface area contributed by atoms with Gasteiger partial charge in [-0.2, -0.15) is 0 Å². The summed E-state index contributed by atoms with van der Waals surface area (Å²) in [6.07, 6.45) is 2.62. The van der Waals surface area contributed by atoms with Gasteiger partial charge in [0.2, 0.25) is 5.88 Å². The van der Waals surface area contributed by atoms with E-state index < -0.39 is 0 Å². The zero-order valence-electron chi connectivity index (χ0n) is 11.7. The number of fused-ring (bicyclic) bond motifs is 1. The van der Waals surface area contributed by atoms with Crippen molar-refractivity contribution in [3.63, 3.8) is 0 Å². The third kappa shape index (κ3) is 3.14. The van der Waals surface area contributed by atoms with E-state index in [9.17, 15) is 0 Å². The van der Waals surface area contributed by atoms with Gasteiger partial charge in [0, 0.05) is 35.3 Å². The molecule has 0 radical (unpaired) electrons. The van der Waals surface area contributed by atoms with E-state index in [1.807, 2.05) is 42.5 Å². The minimum absolute atomic E-state index is 0.450. The highest BCUT2D eigenvalue weighted by atomic mass is 35.5. The predicted molar refractivity (Wildman–Crippen MR) is 85.0 cm³/mol. The van der Waals surface area contributed by atoms with Crippen molar-refractivity contribution in [1.82, 2.24) is 9.97 Å². The van der Waals surface area contributed by atoms with E-state index in [1.54, 1.807) is 6.20 Å². The molecule has 4 heteroatoms. The van der Waals surface area contributed by atoms with Crippen LogP contribution in [0, 0.1) is 0 Å². The lowest BCUT2D eigenvalue weighted by molar-refractivity contribution is 0.461. The van der Waals surface area contributed by atoms with E-state index in [4.69, 9.17) is 16.3 Å². The Bertz CT molecular complexity index is 751. The summed E-state index contributed by atoms with van der Waals surface area (Å²) in [6, 6.07) is 13.6. The molecule has 0 unspecified atom stereocenters. The van der Waals surface area contributed by atoms with Gasteiger partial charge in [0.1, 0.15) is 5.75 Å². The normalized spacial score (nSPS) is 10.8. The molecule has 2 aromatic heterocycles. The summed E-state index contributed by atoms with van der Waals surface area (Å²) in [5, 5.41) is 1.08. The lowest BCUT2D eigenvalue weighted by atomic mass is 10.2. The summed E-state index contributed by atoms with van der Waals surface area (Å²) < 4.78 is 5.86. The topological polar surface area (TPSA) is 35.0 Å². The summed E-state index contributed by atoms with van der Waals surface area (Å²) in [6.45, 7) is 2.06. The zero-order chi connectivity index (χ0) is 14.7. The van der Waals surface area contributed by atoms with Crippen molar-refractivity contribution in [2.75, 3.05) is 0 Å². The summed E-state index contributed by atoms with van der Waals surface area (Å²) in [5.41, 5.74) is 2.89. The molecule has 0 fully saturated rings. The molecule has 0 spiro atoms. The average Bonchev–Trinajstić information content (AvgIpc) is 2.54. The van der Waals surface area contributed by atoms with Gasteiger partial charge in [-0.1, -0.05) is 13.0 Å². The van der Waals surface area contributed by atoms with Crippen LogP contribution in [0.25, 0.3) is 10.9 Å². The number of alkyl halides is 1. The molecule has 1 aromatic carbocycles. The van der Waals surface area contributed by atoms with Crippen molar-refractivity contribution >= 4 is 22.5 Å². The smallest absolute Gasteiger partial charge is 0.219 e. The molecule has 2 heterocycles. The molecule has 3 nitrogen and oxygen atoms in total. The highest BCUT2D eigenvalue weighted by molar-refractivity contribution is 6.17. The van der Waals surface area contributed by atoms with Crippen LogP contribution >= 0.6 is 11.6 Å². The van der Waals surface area contributed by atoms with E-state index in [0.29, 0.717) is 11.8 Å². The number of rotatable bonds is 4. The first kappa shape index (κ1) is 13.8. The number of nitrogens with zero attached hydrogens (tertiary/aromatic N) is 2. The second kappa shape index (κ2) is 6.10. The number of hydrogen-bond donors (Lipinski definition) is 0. The maximum absolute atomic E-state index is 5.92. The van der Waals surface area contributed by atoms with Gasteiger partial charge in [-0.3, -0.25) is 4.98 Å². The van der Waals surface area contributed by atoms with E-state index in [0.717, 1.165) is 34.3 Å². The Kier molecular flexibility index (Phi) is 4.02. The van der Waals surface area contributed by atoms with Crippen LogP contribution in [0.1, 0.15) is 18.2 Å². The Morgan fingerprint density at radius 1 is 1.14 bits per heavy atom. The van der Waals surface area contributed by atoms with Gasteiger partial charge < -0.3 is 4.74 Å². The summed E-state index contributed by atoms with van der Waals surface area (Å²) >= 11 is 5.92. The number of ether oxygens (including phenoxy) is 1. The van der Waals surface area contributed by atoms with Crippen molar-refractivity contribution in [3.05, 3.63) is 59.9 Å². The van der Waals surface area contributed by atoms with Crippen LogP contribution in [0.4, 0.5) is 0 Å². The summed E-state index contributed by atoms with van der Waals surface area (Å²) in [7, 11) is 0. The van der Waals surface area contributed by atoms with Crippen LogP contribution in [0.3, 0.4) is 0 Å². The Morgan fingerprint density at radius 3 is 2.86 bits per heavy atom. The van der Waals surface area contributed by atoms with Crippen molar-refractivity contribution in [1.29, 1.82) is 0 Å². The van der Waals surface area contributed by atoms with Crippen molar-refractivity contribution < 1.29 is 4.74 Å². The van der Waals surface area contributed by atoms with Gasteiger partial charge in [-0.05, 0) is 36.2 Å². The largest absolute Gasteiger partial charge is 0.439 e. The molecular formula is C17H15ClN2O. The third-order valence-corrected chi connectivity index (χ3v) is 3.54. The Labute approximate surface area is 128 Å². The summed E-state index contributed by atoms with van der Waals surface area (Å²) in [5.74, 6) is 1.74. The van der Waals surface area contributed by atoms with Gasteiger partial charge >= 0.3 is 0 Å². The lowest BCUT2D eigenvalue weighted by Crippen LogP contribution is -1.95. The number of aryl methyl sites for hydroxylation is 1. The number of halogens is 1. The van der Waals surface area contributed by atoms with E-state index in [1.165, 1.54) is 0 Å². The maximum atomic E-state index is 5.92. The Balaban J connectivity index is 1.94. The Morgan fingerprint density at radius 2 is 2.05 bits per heavy atom. The monoisotopic (exact) mass is 298 g/mol. The van der Waals surface area contributed by atoms with Gasteiger partial charge in [0.05, 0.1) is 5.52 Å². The van der Waals surface area contributed by atoms with Crippen LogP contribution in [-0.2, 0) is 12.3 Å². The van der Waals surface area contributed by atoms with Crippen LogP contribution in [0.15, 0.2) is 48.7 Å². The molecular weight excluding hydrogens is 284 g/mol. The van der Waals surface area contributed by atoms with Crippen molar-refractivity contribution in [3.8, 4) is 11.6 Å². The van der Waals surface area contributed by atoms with Crippen LogP contribution in [0.5, 0.6) is 11.6 Å². The maximum Gasteiger partial charge on any atom is 0.219 e. The molecule has 0 saturated carbocycles. The van der Waals surface area contributed by atoms with Gasteiger partial charge in [0.15, 0.2) is 0 Å². The number of hydrogen-bond acceptors (Lipinski definition) is 3. The first-order valence-electron chi connectivity index (χ1n) is 6.87. The minimum atomic E-state index is 0.450. The molecule has 3 aromatic rings. The second-order valence-electron chi connectivity index (χ2n) is 4.75. The molecule has 0 N–H and O–H groups in total. The first-order chi connectivity index (χ1) is 10.3. The zero-order valence-corrected chi connectivity index (χ0v) is 12.5. The number of pyridine rings is 2. The molecule has 3 rings (SSSR count). The highest BCUT2D eigenvalue weighted by Gasteiger charge is 2.05. The fraction of sp³-hybridized carbons (Fsp3) is 0.176. The van der Waals surface area contributed by atoms with E-state index in [-0.39, 0.29) is 0 Å². The van der Waals surface area contributed by atoms with Crippen molar-refractivity contribution in [2.45, 2.75) is 19.2 Å². The van der Waals surface area contributed by atoms with E-state index in [2.05, 4.69) is 16.9 Å². The van der Waals surface area contributed by atoms with Gasteiger partial charge in [0.25, 0.3) is 0 Å². The first-order valence-corrected chi connectivity index (χ1v) is 7.40. The quantitative estimate of drug-likeness (QED) is 0.654. The molecule has 0 atom stereocenters. The molecule has 0 amide bonds. The molecule has 0 aliphatic rings. The molecule has 0 saturated heterocycles. The van der Waals surface area contributed by atoms with Crippen LogP contribution in [0.2, 0.25) is 0 Å². The minimum Gasteiger partial charge on any atom is -0.439 e.